The summed E-state index contributed by atoms with van der Waals surface area (Å²) in [4.78, 5) is 37.4. The van der Waals surface area contributed by atoms with Gasteiger partial charge in [0.05, 0.1) is 0 Å². The highest BCUT2D eigenvalue weighted by molar-refractivity contribution is 5.90. The van der Waals surface area contributed by atoms with Gasteiger partial charge in [0.1, 0.15) is 17.3 Å². The normalized spacial score (nSPS) is 50.9. The molecule has 7 unspecified atom stereocenters. The first-order chi connectivity index (χ1) is 11.3. The predicted molar refractivity (Wildman–Crippen MR) is 91.3 cm³/mol. The molecule has 0 N–H and O–H groups in total. The van der Waals surface area contributed by atoms with Crippen molar-refractivity contribution in [1.82, 2.24) is 0 Å². The van der Waals surface area contributed by atoms with Crippen molar-refractivity contribution in [3.05, 3.63) is 0 Å². The molecule has 132 valence electrons. The van der Waals surface area contributed by atoms with Crippen molar-refractivity contribution in [2.75, 3.05) is 0 Å². The number of rotatable bonds is 1. The Bertz CT molecular complexity index is 608. The fourth-order valence-electron chi connectivity index (χ4n) is 7.07. The van der Waals surface area contributed by atoms with E-state index in [-0.39, 0.29) is 28.6 Å². The van der Waals surface area contributed by atoms with Crippen LogP contribution in [0.25, 0.3) is 0 Å². The minimum atomic E-state index is -0.239. The third-order valence-electron chi connectivity index (χ3n) is 8.75. The largest absolute Gasteiger partial charge is 0.300 e. The molecule has 3 nitrogen and oxygen atoms in total. The SMILES string of the molecule is CC(=O)C1CCC2(C)C(CC(=O)C3C4CCC(=O)C4(C)CCC32)C1. The van der Waals surface area contributed by atoms with E-state index in [0.29, 0.717) is 42.0 Å². The Labute approximate surface area is 144 Å². The topological polar surface area (TPSA) is 51.2 Å². The molecule has 0 bridgehead atoms. The van der Waals surface area contributed by atoms with Gasteiger partial charge >= 0.3 is 0 Å². The zero-order valence-corrected chi connectivity index (χ0v) is 15.3. The van der Waals surface area contributed by atoms with E-state index >= 15 is 0 Å². The van der Waals surface area contributed by atoms with Gasteiger partial charge in [-0.15, -0.1) is 0 Å². The first kappa shape index (κ1) is 16.5. The molecular weight excluding hydrogens is 300 g/mol. The molecule has 0 spiro atoms. The van der Waals surface area contributed by atoms with Crippen LogP contribution in [-0.2, 0) is 14.4 Å². The monoisotopic (exact) mass is 330 g/mol. The Hall–Kier alpha value is -0.990. The fourth-order valence-corrected chi connectivity index (χ4v) is 7.07. The van der Waals surface area contributed by atoms with Crippen molar-refractivity contribution < 1.29 is 14.4 Å². The van der Waals surface area contributed by atoms with Crippen molar-refractivity contribution >= 4 is 17.3 Å². The van der Waals surface area contributed by atoms with Crippen molar-refractivity contribution in [3.8, 4) is 0 Å². The van der Waals surface area contributed by atoms with Crippen LogP contribution >= 0.6 is 0 Å². The lowest BCUT2D eigenvalue weighted by Gasteiger charge is -2.59. The molecule has 0 saturated heterocycles. The van der Waals surface area contributed by atoms with Crippen LogP contribution in [0.4, 0.5) is 0 Å². The summed E-state index contributed by atoms with van der Waals surface area (Å²) in [5, 5.41) is 0. The summed E-state index contributed by atoms with van der Waals surface area (Å²) in [6, 6.07) is 0. The summed E-state index contributed by atoms with van der Waals surface area (Å²) in [6.45, 7) is 6.21. The zero-order valence-electron chi connectivity index (χ0n) is 15.3. The highest BCUT2D eigenvalue weighted by Gasteiger charge is 2.62. The number of hydrogen-bond donors (Lipinski definition) is 0. The number of fused-ring (bicyclic) bond motifs is 5. The maximum Gasteiger partial charge on any atom is 0.139 e. The molecule has 0 amide bonds. The molecule has 0 aromatic heterocycles. The van der Waals surface area contributed by atoms with Crippen LogP contribution in [0.1, 0.15) is 72.1 Å². The first-order valence-electron chi connectivity index (χ1n) is 9.84. The third kappa shape index (κ3) is 2.05. The summed E-state index contributed by atoms with van der Waals surface area (Å²) < 4.78 is 0. The fraction of sp³-hybridized carbons (Fsp3) is 0.857. The van der Waals surface area contributed by atoms with Crippen LogP contribution < -0.4 is 0 Å². The van der Waals surface area contributed by atoms with Crippen molar-refractivity contribution in [3.63, 3.8) is 0 Å². The van der Waals surface area contributed by atoms with E-state index in [0.717, 1.165) is 38.5 Å². The van der Waals surface area contributed by atoms with Gasteiger partial charge in [-0.2, -0.15) is 0 Å². The van der Waals surface area contributed by atoms with E-state index in [1.54, 1.807) is 6.92 Å². The Morgan fingerprint density at radius 1 is 1.04 bits per heavy atom. The second-order valence-electron chi connectivity index (χ2n) is 9.61. The van der Waals surface area contributed by atoms with Crippen LogP contribution in [-0.4, -0.2) is 17.3 Å². The van der Waals surface area contributed by atoms with Crippen LogP contribution in [0.2, 0.25) is 0 Å². The van der Waals surface area contributed by atoms with Crippen molar-refractivity contribution in [2.24, 2.45) is 40.4 Å². The van der Waals surface area contributed by atoms with Gasteiger partial charge < -0.3 is 0 Å². The third-order valence-corrected chi connectivity index (χ3v) is 8.75. The van der Waals surface area contributed by atoms with Gasteiger partial charge in [0, 0.05) is 30.1 Å². The van der Waals surface area contributed by atoms with E-state index < -0.39 is 0 Å². The quantitative estimate of drug-likeness (QED) is 0.730. The summed E-state index contributed by atoms with van der Waals surface area (Å²) in [5.74, 6) is 2.43. The Kier molecular flexibility index (Phi) is 3.61. The summed E-state index contributed by atoms with van der Waals surface area (Å²) >= 11 is 0. The molecule has 24 heavy (non-hydrogen) atoms. The number of Topliss-reactive ketones (excluding diaryl/α,β-unsaturated/α-hetero) is 3. The molecule has 4 rings (SSSR count). The molecule has 7 atom stereocenters. The Morgan fingerprint density at radius 2 is 1.79 bits per heavy atom. The van der Waals surface area contributed by atoms with E-state index in [1.165, 1.54) is 0 Å². The molecule has 3 heteroatoms. The summed E-state index contributed by atoms with van der Waals surface area (Å²) in [5.41, 5.74) is -0.0475. The van der Waals surface area contributed by atoms with Gasteiger partial charge in [0.2, 0.25) is 0 Å². The number of hydrogen-bond acceptors (Lipinski definition) is 3. The minimum absolute atomic E-state index is 0.102. The van der Waals surface area contributed by atoms with E-state index in [4.69, 9.17) is 0 Å². The van der Waals surface area contributed by atoms with Crippen molar-refractivity contribution in [2.45, 2.75) is 72.1 Å². The van der Waals surface area contributed by atoms with Crippen LogP contribution in [0.3, 0.4) is 0 Å². The van der Waals surface area contributed by atoms with E-state index in [2.05, 4.69) is 13.8 Å². The maximum absolute atomic E-state index is 13.1. The van der Waals surface area contributed by atoms with Crippen LogP contribution in [0.5, 0.6) is 0 Å². The highest BCUT2D eigenvalue weighted by Crippen LogP contribution is 2.64. The number of carbonyl (C=O) groups is 3. The average molecular weight is 330 g/mol. The Balaban J connectivity index is 1.66. The van der Waals surface area contributed by atoms with E-state index in [1.807, 2.05) is 0 Å². The molecule has 0 radical (unpaired) electrons. The van der Waals surface area contributed by atoms with E-state index in [9.17, 15) is 14.4 Å². The zero-order chi connectivity index (χ0) is 17.3. The molecule has 0 aromatic carbocycles. The van der Waals surface area contributed by atoms with Gasteiger partial charge in [-0.25, -0.2) is 0 Å². The molecule has 0 heterocycles. The smallest absolute Gasteiger partial charge is 0.139 e. The highest BCUT2D eigenvalue weighted by atomic mass is 16.1. The molecule has 0 aliphatic heterocycles. The Morgan fingerprint density at radius 3 is 2.50 bits per heavy atom. The van der Waals surface area contributed by atoms with Gasteiger partial charge in [-0.1, -0.05) is 13.8 Å². The molecule has 4 fully saturated rings. The lowest BCUT2D eigenvalue weighted by atomic mass is 9.44. The van der Waals surface area contributed by atoms with Crippen LogP contribution in [0.15, 0.2) is 0 Å². The number of carbonyl (C=O) groups excluding carboxylic acids is 3. The standard InChI is InChI=1S/C21H30O3/c1-12(22)13-6-8-20(2)14(10-13)11-17(23)19-15-4-5-18(24)21(15,3)9-7-16(19)20/h13-16,19H,4-11H2,1-3H3. The van der Waals surface area contributed by atoms with Gasteiger partial charge in [0.25, 0.3) is 0 Å². The minimum Gasteiger partial charge on any atom is -0.300 e. The molecular formula is C21H30O3. The lowest BCUT2D eigenvalue weighted by molar-refractivity contribution is -0.159. The second kappa shape index (κ2) is 5.25. The molecule has 0 aromatic rings. The van der Waals surface area contributed by atoms with Crippen LogP contribution in [0, 0.1) is 40.4 Å². The maximum atomic E-state index is 13.1. The second-order valence-corrected chi connectivity index (χ2v) is 9.61. The predicted octanol–water partition coefficient (Wildman–Crippen LogP) is 3.98. The van der Waals surface area contributed by atoms with Gasteiger partial charge in [0.15, 0.2) is 0 Å². The molecule has 4 aliphatic rings. The lowest BCUT2D eigenvalue weighted by Crippen LogP contribution is -2.57. The molecule has 4 aliphatic carbocycles. The average Bonchev–Trinajstić information content (AvgIpc) is 2.83. The summed E-state index contributed by atoms with van der Waals surface area (Å²) in [7, 11) is 0. The van der Waals surface area contributed by atoms with Crippen molar-refractivity contribution in [1.29, 1.82) is 0 Å². The molecule has 4 saturated carbocycles. The summed E-state index contributed by atoms with van der Waals surface area (Å²) in [6.07, 6.45) is 7.18. The van der Waals surface area contributed by atoms with Gasteiger partial charge in [-0.05, 0) is 68.6 Å². The first-order valence-corrected chi connectivity index (χ1v) is 9.84. The number of ketones is 3. The van der Waals surface area contributed by atoms with Gasteiger partial charge in [-0.3, -0.25) is 14.4 Å².